The highest BCUT2D eigenvalue weighted by Crippen LogP contribution is 2.35. The molecule has 0 amide bonds. The van der Waals surface area contributed by atoms with Crippen molar-refractivity contribution >= 4 is 16.9 Å². The summed E-state index contributed by atoms with van der Waals surface area (Å²) in [5, 5.41) is 49.1. The number of carbonyl (C=O) groups is 1. The minimum absolute atomic E-state index is 0.0371. The van der Waals surface area contributed by atoms with E-state index in [0.29, 0.717) is 0 Å². The monoisotopic (exact) mass is 398 g/mol. The first kappa shape index (κ1) is 20.0. The summed E-state index contributed by atoms with van der Waals surface area (Å²) in [6.45, 7) is 0.497. The highest BCUT2D eigenvalue weighted by Gasteiger charge is 2.45. The van der Waals surface area contributed by atoms with Gasteiger partial charge in [-0.3, -0.25) is 4.79 Å². The van der Waals surface area contributed by atoms with Crippen LogP contribution in [0.5, 0.6) is 17.2 Å². The van der Waals surface area contributed by atoms with Gasteiger partial charge in [0.1, 0.15) is 35.7 Å². The normalized spacial score (nSPS) is 27.5. The number of carbonyl (C=O) groups excluding carboxylic acids is 1. The van der Waals surface area contributed by atoms with Crippen molar-refractivity contribution in [2.45, 2.75) is 37.6 Å². The number of aliphatic hydroxyl groups excluding tert-OH is 4. The molecule has 2 aromatic rings. The number of fused-ring (bicyclic) bond motifs is 1. The molecular weight excluding hydrogens is 380 g/mol. The smallest absolute Gasteiger partial charge is 0.383 e. The highest BCUT2D eigenvalue weighted by atomic mass is 16.7. The van der Waals surface area contributed by atoms with E-state index in [1.54, 1.807) is 0 Å². The summed E-state index contributed by atoms with van der Waals surface area (Å²) < 4.78 is 20.2. The molecular formula is C17H18O11. The summed E-state index contributed by atoms with van der Waals surface area (Å²) in [5.41, 5.74) is -1.23. The largest absolute Gasteiger partial charge is 0.504 e. The van der Waals surface area contributed by atoms with Crippen molar-refractivity contribution in [3.8, 4) is 17.2 Å². The Hall–Kier alpha value is -2.70. The van der Waals surface area contributed by atoms with E-state index in [0.717, 1.165) is 0 Å². The molecule has 1 fully saturated rings. The minimum Gasteiger partial charge on any atom is -0.504 e. The summed E-state index contributed by atoms with van der Waals surface area (Å²) in [5.74, 6) is -1.85. The summed E-state index contributed by atoms with van der Waals surface area (Å²) >= 11 is 0. The molecule has 0 saturated carbocycles. The molecule has 2 heterocycles. The zero-order valence-electron chi connectivity index (χ0n) is 14.5. The predicted molar refractivity (Wildman–Crippen MR) is 89.9 cm³/mol. The van der Waals surface area contributed by atoms with Crippen LogP contribution in [0.2, 0.25) is 0 Å². The van der Waals surface area contributed by atoms with Gasteiger partial charge in [0.25, 0.3) is 5.75 Å². The maximum atomic E-state index is 12.2. The molecule has 152 valence electrons. The molecule has 3 rings (SSSR count). The lowest BCUT2D eigenvalue weighted by molar-refractivity contribution is -0.278. The van der Waals surface area contributed by atoms with Crippen molar-refractivity contribution < 1.29 is 49.0 Å². The molecule has 1 aliphatic heterocycles. The van der Waals surface area contributed by atoms with Crippen molar-refractivity contribution in [3.63, 3.8) is 0 Å². The molecule has 28 heavy (non-hydrogen) atoms. The molecule has 1 saturated heterocycles. The Morgan fingerprint density at radius 2 is 1.89 bits per heavy atom. The number of ether oxygens (including phenoxy) is 3. The molecule has 11 nitrogen and oxygen atoms in total. The number of hydrogen-bond acceptors (Lipinski definition) is 11. The summed E-state index contributed by atoms with van der Waals surface area (Å²) in [6.07, 6.45) is -8.05. The van der Waals surface area contributed by atoms with Crippen molar-refractivity contribution in [2.24, 2.45) is 0 Å². The second kappa shape index (κ2) is 7.73. The average molecular weight is 398 g/mol. The van der Waals surface area contributed by atoms with Gasteiger partial charge in [0.2, 0.25) is 6.29 Å². The molecule has 5 N–H and O–H groups in total. The lowest BCUT2D eigenvalue weighted by Crippen LogP contribution is -2.60. The summed E-state index contributed by atoms with van der Waals surface area (Å²) in [7, 11) is 0. The first-order chi connectivity index (χ1) is 13.2. The van der Waals surface area contributed by atoms with Gasteiger partial charge in [0, 0.05) is 13.0 Å². The van der Waals surface area contributed by atoms with E-state index in [2.05, 4.69) is 0 Å². The fourth-order valence-corrected chi connectivity index (χ4v) is 2.76. The fourth-order valence-electron chi connectivity index (χ4n) is 2.76. The number of hydrogen-bond donors (Lipinski definition) is 5. The Kier molecular flexibility index (Phi) is 5.54. The van der Waals surface area contributed by atoms with Crippen molar-refractivity contribution in [1.82, 2.24) is 0 Å². The van der Waals surface area contributed by atoms with Crippen LogP contribution >= 0.6 is 0 Å². The van der Waals surface area contributed by atoms with Crippen LogP contribution in [0, 0.1) is 0 Å². The van der Waals surface area contributed by atoms with E-state index in [1.807, 2.05) is 0 Å². The highest BCUT2D eigenvalue weighted by molar-refractivity contribution is 5.86. The molecule has 11 heteroatoms. The average Bonchev–Trinajstić information content (AvgIpc) is 2.64. The Labute approximate surface area is 156 Å². The van der Waals surface area contributed by atoms with E-state index in [1.165, 1.54) is 25.1 Å². The van der Waals surface area contributed by atoms with Gasteiger partial charge in [-0.15, -0.1) is 0 Å². The van der Waals surface area contributed by atoms with Crippen LogP contribution in [-0.4, -0.2) is 68.8 Å². The Balaban J connectivity index is 1.95. The number of benzene rings is 1. The third-order valence-electron chi connectivity index (χ3n) is 4.16. The minimum atomic E-state index is -1.78. The topological polar surface area (TPSA) is 176 Å². The van der Waals surface area contributed by atoms with Crippen LogP contribution in [0.15, 0.2) is 27.4 Å². The third kappa shape index (κ3) is 3.66. The second-order valence-corrected chi connectivity index (χ2v) is 6.13. The van der Waals surface area contributed by atoms with Gasteiger partial charge < -0.3 is 44.2 Å². The van der Waals surface area contributed by atoms with Crippen LogP contribution < -0.4 is 15.1 Å². The van der Waals surface area contributed by atoms with Crippen LogP contribution in [0.3, 0.4) is 0 Å². The summed E-state index contributed by atoms with van der Waals surface area (Å²) in [6, 6.07) is 3.88. The maximum Gasteiger partial charge on any atom is 0.383 e. The van der Waals surface area contributed by atoms with E-state index < -0.39 is 60.4 Å². The van der Waals surface area contributed by atoms with Gasteiger partial charge >= 0.3 is 11.6 Å². The predicted octanol–water partition coefficient (Wildman–Crippen LogP) is -1.40. The first-order valence-corrected chi connectivity index (χ1v) is 8.18. The standard InChI is InChI=1S/C17H18O11/c1-6(19)25-7-2-3-8-9(4-7)26-16(24)15(11(8)20)28-17-14(23)13(22)12(21)10(5-18)27-17/h2-4,10,12-14,17-18,20-23H,5H2,1H3/t10-,12-,13+,14-,17+/m1/s1. The third-order valence-corrected chi connectivity index (χ3v) is 4.16. The molecule has 1 aromatic heterocycles. The van der Waals surface area contributed by atoms with E-state index in [-0.39, 0.29) is 16.7 Å². The first-order valence-electron chi connectivity index (χ1n) is 8.18. The van der Waals surface area contributed by atoms with Gasteiger partial charge in [-0.1, -0.05) is 0 Å². The van der Waals surface area contributed by atoms with E-state index in [9.17, 15) is 35.1 Å². The lowest BCUT2D eigenvalue weighted by atomic mass is 9.99. The Morgan fingerprint density at radius 1 is 1.18 bits per heavy atom. The number of rotatable bonds is 4. The lowest BCUT2D eigenvalue weighted by Gasteiger charge is -2.39. The zero-order chi connectivity index (χ0) is 20.6. The van der Waals surface area contributed by atoms with Gasteiger partial charge in [0.15, 0.2) is 5.75 Å². The fraction of sp³-hybridized carbons (Fsp3) is 0.412. The van der Waals surface area contributed by atoms with Crippen molar-refractivity contribution in [2.75, 3.05) is 6.61 Å². The maximum absolute atomic E-state index is 12.2. The molecule has 0 bridgehead atoms. The molecule has 0 aliphatic carbocycles. The van der Waals surface area contributed by atoms with Crippen molar-refractivity contribution in [1.29, 1.82) is 0 Å². The molecule has 1 aromatic carbocycles. The quantitative estimate of drug-likeness (QED) is 0.233. The Morgan fingerprint density at radius 3 is 2.54 bits per heavy atom. The number of aromatic hydroxyl groups is 1. The van der Waals surface area contributed by atoms with E-state index in [4.69, 9.17) is 18.6 Å². The number of esters is 1. The van der Waals surface area contributed by atoms with Crippen LogP contribution in [0.1, 0.15) is 6.92 Å². The summed E-state index contributed by atoms with van der Waals surface area (Å²) in [4.78, 5) is 23.2. The molecule has 0 radical (unpaired) electrons. The van der Waals surface area contributed by atoms with Gasteiger partial charge in [0.05, 0.1) is 12.0 Å². The Bertz CT molecular complexity index is 935. The second-order valence-electron chi connectivity index (χ2n) is 6.13. The van der Waals surface area contributed by atoms with Crippen LogP contribution in [0.25, 0.3) is 11.0 Å². The van der Waals surface area contributed by atoms with Crippen molar-refractivity contribution in [3.05, 3.63) is 28.6 Å². The SMILES string of the molecule is CC(=O)Oc1ccc2c(O)c(O[C@@H]3O[C@H](CO)[C@@H](O)[C@H](O)[C@H]3O)c(=O)oc2c1. The van der Waals surface area contributed by atoms with Gasteiger partial charge in [-0.2, -0.15) is 0 Å². The van der Waals surface area contributed by atoms with Gasteiger partial charge in [-0.05, 0) is 12.1 Å². The molecule has 5 atom stereocenters. The van der Waals surface area contributed by atoms with Crippen LogP contribution in [0.4, 0.5) is 0 Å². The van der Waals surface area contributed by atoms with Crippen LogP contribution in [-0.2, 0) is 9.53 Å². The molecule has 0 spiro atoms. The molecule has 1 aliphatic rings. The van der Waals surface area contributed by atoms with Gasteiger partial charge in [-0.25, -0.2) is 4.79 Å². The van der Waals surface area contributed by atoms with E-state index >= 15 is 0 Å². The number of aliphatic hydroxyl groups is 4. The zero-order valence-corrected chi connectivity index (χ0v) is 14.5. The molecule has 0 unspecified atom stereocenters.